The van der Waals surface area contributed by atoms with E-state index in [1.54, 1.807) is 6.07 Å². The summed E-state index contributed by atoms with van der Waals surface area (Å²) >= 11 is 7.36. The molecule has 0 radical (unpaired) electrons. The highest BCUT2D eigenvalue weighted by Crippen LogP contribution is 2.26. The van der Waals surface area contributed by atoms with Gasteiger partial charge in [-0.05, 0) is 43.3 Å². The summed E-state index contributed by atoms with van der Waals surface area (Å²) in [5.74, 6) is 0.474. The van der Waals surface area contributed by atoms with Gasteiger partial charge >= 0.3 is 0 Å². The monoisotopic (exact) mass is 375 g/mol. The van der Waals surface area contributed by atoms with Crippen LogP contribution >= 0.6 is 23.4 Å². The summed E-state index contributed by atoms with van der Waals surface area (Å²) in [4.78, 5) is 12.2. The number of halogens is 2. The second-order valence-corrected chi connectivity index (χ2v) is 6.66. The first-order chi connectivity index (χ1) is 12.1. The fourth-order valence-corrected chi connectivity index (χ4v) is 3.46. The summed E-state index contributed by atoms with van der Waals surface area (Å²) in [6.45, 7) is 2.66. The first-order valence-electron chi connectivity index (χ1n) is 7.69. The Labute approximate surface area is 154 Å². The maximum atomic E-state index is 12.9. The molecule has 0 saturated carbocycles. The Morgan fingerprint density at radius 2 is 1.96 bits per heavy atom. The lowest BCUT2D eigenvalue weighted by atomic mass is 10.1. The Morgan fingerprint density at radius 1 is 1.20 bits per heavy atom. The third-order valence-corrected chi connectivity index (χ3v) is 4.82. The van der Waals surface area contributed by atoms with Gasteiger partial charge in [-0.2, -0.15) is 0 Å². The lowest BCUT2D eigenvalue weighted by Gasteiger charge is -2.07. The van der Waals surface area contributed by atoms with Gasteiger partial charge in [0.25, 0.3) is 0 Å². The molecule has 25 heavy (non-hydrogen) atoms. The summed E-state index contributed by atoms with van der Waals surface area (Å²) in [5.41, 5.74) is 1.35. The minimum Gasteiger partial charge on any atom is -0.302 e. The van der Waals surface area contributed by atoms with Gasteiger partial charge in [0, 0.05) is 22.7 Å². The van der Waals surface area contributed by atoms with Gasteiger partial charge < -0.3 is 4.57 Å². The molecule has 0 fully saturated rings. The van der Waals surface area contributed by atoms with Crippen LogP contribution in [0.2, 0.25) is 5.02 Å². The molecule has 0 N–H and O–H groups in total. The average Bonchev–Trinajstić information content (AvgIpc) is 3.03. The summed E-state index contributed by atoms with van der Waals surface area (Å²) in [5, 5.41) is 9.72. The predicted molar refractivity (Wildman–Crippen MR) is 97.6 cm³/mol. The van der Waals surface area contributed by atoms with Crippen molar-refractivity contribution in [2.45, 2.75) is 18.6 Å². The van der Waals surface area contributed by atoms with Crippen LogP contribution in [0, 0.1) is 5.82 Å². The standard InChI is InChI=1S/C18H15ClFN3OS/c1-2-23-17(13-4-3-5-14(19)10-13)21-22-18(23)25-11-16(24)12-6-8-15(20)9-7-12/h3-10H,2,11H2,1H3. The molecule has 4 nitrogen and oxygen atoms in total. The lowest BCUT2D eigenvalue weighted by Crippen LogP contribution is -2.05. The van der Waals surface area contributed by atoms with Crippen LogP contribution in [0.1, 0.15) is 17.3 Å². The van der Waals surface area contributed by atoms with Crippen molar-refractivity contribution >= 4 is 29.1 Å². The van der Waals surface area contributed by atoms with E-state index >= 15 is 0 Å². The molecular weight excluding hydrogens is 361 g/mol. The van der Waals surface area contributed by atoms with Gasteiger partial charge in [-0.25, -0.2) is 4.39 Å². The van der Waals surface area contributed by atoms with Crippen molar-refractivity contribution < 1.29 is 9.18 Å². The molecule has 0 spiro atoms. The number of ketones is 1. The molecule has 0 bridgehead atoms. The van der Waals surface area contributed by atoms with Gasteiger partial charge in [0.2, 0.25) is 0 Å². The molecule has 0 atom stereocenters. The number of thioether (sulfide) groups is 1. The van der Waals surface area contributed by atoms with Crippen molar-refractivity contribution in [1.82, 2.24) is 14.8 Å². The number of carbonyl (C=O) groups excluding carboxylic acids is 1. The second-order valence-electron chi connectivity index (χ2n) is 5.28. The zero-order valence-corrected chi connectivity index (χ0v) is 15.0. The van der Waals surface area contributed by atoms with Crippen LogP contribution in [0.5, 0.6) is 0 Å². The van der Waals surface area contributed by atoms with Crippen molar-refractivity contribution in [2.24, 2.45) is 0 Å². The van der Waals surface area contributed by atoms with Gasteiger partial charge in [0.1, 0.15) is 5.82 Å². The molecule has 0 aliphatic heterocycles. The van der Waals surface area contributed by atoms with Crippen LogP contribution in [0.4, 0.5) is 4.39 Å². The number of hydrogen-bond acceptors (Lipinski definition) is 4. The molecule has 0 unspecified atom stereocenters. The summed E-state index contributed by atoms with van der Waals surface area (Å²) < 4.78 is 14.9. The third-order valence-electron chi connectivity index (χ3n) is 3.61. The van der Waals surface area contributed by atoms with Crippen LogP contribution in [0.3, 0.4) is 0 Å². The smallest absolute Gasteiger partial charge is 0.191 e. The van der Waals surface area contributed by atoms with Gasteiger partial charge in [-0.1, -0.05) is 35.5 Å². The van der Waals surface area contributed by atoms with Crippen molar-refractivity contribution in [1.29, 1.82) is 0 Å². The van der Waals surface area contributed by atoms with E-state index in [4.69, 9.17) is 11.6 Å². The van der Waals surface area contributed by atoms with E-state index in [1.165, 1.54) is 36.0 Å². The second kappa shape index (κ2) is 7.80. The number of hydrogen-bond donors (Lipinski definition) is 0. The van der Waals surface area contributed by atoms with E-state index < -0.39 is 0 Å². The van der Waals surface area contributed by atoms with Crippen molar-refractivity contribution in [2.75, 3.05) is 5.75 Å². The van der Waals surface area contributed by atoms with E-state index in [9.17, 15) is 9.18 Å². The third kappa shape index (κ3) is 4.08. The summed E-state index contributed by atoms with van der Waals surface area (Å²) in [6.07, 6.45) is 0. The van der Waals surface area contributed by atoms with Crippen molar-refractivity contribution in [3.05, 3.63) is 64.9 Å². The highest BCUT2D eigenvalue weighted by molar-refractivity contribution is 7.99. The summed E-state index contributed by atoms with van der Waals surface area (Å²) in [6, 6.07) is 12.9. The predicted octanol–water partition coefficient (Wildman–Crippen LogP) is 4.73. The molecule has 128 valence electrons. The molecule has 0 amide bonds. The van der Waals surface area contributed by atoms with Crippen LogP contribution in [0.15, 0.2) is 53.7 Å². The molecule has 0 aliphatic rings. The normalized spacial score (nSPS) is 10.8. The van der Waals surface area contributed by atoms with E-state index in [0.717, 1.165) is 5.56 Å². The molecule has 1 aromatic heterocycles. The zero-order chi connectivity index (χ0) is 17.8. The average molecular weight is 376 g/mol. The number of carbonyl (C=O) groups is 1. The quantitative estimate of drug-likeness (QED) is 0.461. The minimum absolute atomic E-state index is 0.0834. The molecule has 7 heteroatoms. The highest BCUT2D eigenvalue weighted by Gasteiger charge is 2.15. The van der Waals surface area contributed by atoms with Crippen LogP contribution in [0.25, 0.3) is 11.4 Å². The van der Waals surface area contributed by atoms with Crippen molar-refractivity contribution in [3.63, 3.8) is 0 Å². The maximum absolute atomic E-state index is 12.9. The number of Topliss-reactive ketones (excluding diaryl/α,β-unsaturated/α-hetero) is 1. The lowest BCUT2D eigenvalue weighted by molar-refractivity contribution is 0.102. The number of benzene rings is 2. The molecule has 3 rings (SSSR count). The number of nitrogens with zero attached hydrogens (tertiary/aromatic N) is 3. The van der Waals surface area contributed by atoms with E-state index in [-0.39, 0.29) is 17.4 Å². The fraction of sp³-hybridized carbons (Fsp3) is 0.167. The molecular formula is C18H15ClFN3OS. The van der Waals surface area contributed by atoms with Crippen LogP contribution in [-0.4, -0.2) is 26.3 Å². The molecule has 2 aromatic carbocycles. The summed E-state index contributed by atoms with van der Waals surface area (Å²) in [7, 11) is 0. The largest absolute Gasteiger partial charge is 0.302 e. The van der Waals surface area contributed by atoms with Crippen molar-refractivity contribution in [3.8, 4) is 11.4 Å². The van der Waals surface area contributed by atoms with Crippen LogP contribution < -0.4 is 0 Å². The Morgan fingerprint density at radius 3 is 2.64 bits per heavy atom. The fourth-order valence-electron chi connectivity index (χ4n) is 2.37. The SMILES string of the molecule is CCn1c(SCC(=O)c2ccc(F)cc2)nnc1-c1cccc(Cl)c1. The molecule has 0 aliphatic carbocycles. The van der Waals surface area contributed by atoms with E-state index in [0.29, 0.717) is 28.1 Å². The topological polar surface area (TPSA) is 47.8 Å². The maximum Gasteiger partial charge on any atom is 0.191 e. The Hall–Kier alpha value is -2.18. The molecule has 0 saturated heterocycles. The van der Waals surface area contributed by atoms with Gasteiger partial charge in [0.05, 0.1) is 5.75 Å². The van der Waals surface area contributed by atoms with Crippen LogP contribution in [-0.2, 0) is 6.54 Å². The minimum atomic E-state index is -0.360. The molecule has 1 heterocycles. The first kappa shape index (κ1) is 17.6. The number of rotatable bonds is 6. The van der Waals surface area contributed by atoms with Gasteiger partial charge in [-0.3, -0.25) is 4.79 Å². The first-order valence-corrected chi connectivity index (χ1v) is 9.05. The van der Waals surface area contributed by atoms with Gasteiger partial charge in [-0.15, -0.1) is 10.2 Å². The zero-order valence-electron chi connectivity index (χ0n) is 13.4. The molecule has 3 aromatic rings. The van der Waals surface area contributed by atoms with E-state index in [2.05, 4.69) is 10.2 Å². The van der Waals surface area contributed by atoms with Gasteiger partial charge in [0.15, 0.2) is 16.8 Å². The number of aromatic nitrogens is 3. The Kier molecular flexibility index (Phi) is 5.50. The Bertz CT molecular complexity index is 896. The highest BCUT2D eigenvalue weighted by atomic mass is 35.5. The Balaban J connectivity index is 1.77. The van der Waals surface area contributed by atoms with E-state index in [1.807, 2.05) is 29.7 Å².